The van der Waals surface area contributed by atoms with Gasteiger partial charge >= 0.3 is 5.84 Å². The summed E-state index contributed by atoms with van der Waals surface area (Å²) in [5.41, 5.74) is 2.92. The molecule has 0 saturated carbocycles. The monoisotopic (exact) mass is 489 g/mol. The van der Waals surface area contributed by atoms with E-state index >= 15 is 0 Å². The van der Waals surface area contributed by atoms with Gasteiger partial charge in [-0.15, -0.1) is 0 Å². The molecule has 5 heterocycles. The summed E-state index contributed by atoms with van der Waals surface area (Å²) < 4.78 is 26.4. The molecular weight excluding hydrogens is 461 g/mol. The van der Waals surface area contributed by atoms with Crippen LogP contribution in [0.4, 0.5) is 10.3 Å². The topological polar surface area (TPSA) is 84.0 Å². The van der Waals surface area contributed by atoms with Crippen molar-refractivity contribution in [3.63, 3.8) is 0 Å². The quantitative estimate of drug-likeness (QED) is 0.437. The maximum Gasteiger partial charge on any atom is 0.306 e. The van der Waals surface area contributed by atoms with Gasteiger partial charge in [0.25, 0.3) is 0 Å². The van der Waals surface area contributed by atoms with E-state index in [1.807, 2.05) is 10.5 Å². The van der Waals surface area contributed by atoms with E-state index in [1.54, 1.807) is 30.8 Å². The van der Waals surface area contributed by atoms with Crippen LogP contribution in [0.25, 0.3) is 28.5 Å². The molecule has 3 aromatic heterocycles. The largest absolute Gasteiger partial charge is 0.432 e. The lowest BCUT2D eigenvalue weighted by Gasteiger charge is -2.41. The van der Waals surface area contributed by atoms with Gasteiger partial charge in [-0.1, -0.05) is 6.58 Å². The van der Waals surface area contributed by atoms with E-state index in [2.05, 4.69) is 31.7 Å². The van der Waals surface area contributed by atoms with E-state index in [4.69, 9.17) is 14.1 Å². The van der Waals surface area contributed by atoms with Crippen LogP contribution < -0.4 is 5.32 Å². The predicted molar refractivity (Wildman–Crippen MR) is 134 cm³/mol. The second-order valence-corrected chi connectivity index (χ2v) is 9.08. The molecule has 0 bridgehead atoms. The molecule has 6 rings (SSSR count). The molecule has 1 N–H and O–H groups in total. The van der Waals surface area contributed by atoms with Crippen LogP contribution in [0.2, 0.25) is 0 Å². The SMILES string of the molecule is C=C(N1CCOCC1)N1CCC[C@@H](Nc2nccc(-c3c(-c4ccc(F)cc4)nc4occn34)n2)C1. The molecule has 1 atom stereocenters. The molecule has 36 heavy (non-hydrogen) atoms. The van der Waals surface area contributed by atoms with Gasteiger partial charge < -0.3 is 24.3 Å². The zero-order valence-corrected chi connectivity index (χ0v) is 19.9. The van der Waals surface area contributed by atoms with Crippen molar-refractivity contribution < 1.29 is 13.5 Å². The minimum Gasteiger partial charge on any atom is -0.432 e. The second kappa shape index (κ2) is 9.62. The highest BCUT2D eigenvalue weighted by molar-refractivity contribution is 5.79. The minimum atomic E-state index is -0.297. The molecule has 9 nitrogen and oxygen atoms in total. The first-order valence-corrected chi connectivity index (χ1v) is 12.2. The maximum absolute atomic E-state index is 13.5. The normalized spacial score (nSPS) is 18.5. The van der Waals surface area contributed by atoms with Crippen molar-refractivity contribution in [1.82, 2.24) is 29.2 Å². The number of oxazole rings is 1. The number of likely N-dealkylation sites (tertiary alicyclic amines) is 1. The number of ether oxygens (including phenoxy) is 1. The zero-order valence-electron chi connectivity index (χ0n) is 19.9. The first-order chi connectivity index (χ1) is 17.7. The third-order valence-electron chi connectivity index (χ3n) is 6.77. The fraction of sp³-hybridized carbons (Fsp3) is 0.346. The number of morpholine rings is 1. The number of anilines is 1. The molecule has 2 saturated heterocycles. The van der Waals surface area contributed by atoms with Gasteiger partial charge in [0.05, 0.1) is 24.7 Å². The van der Waals surface area contributed by atoms with Gasteiger partial charge in [0.1, 0.15) is 23.5 Å². The summed E-state index contributed by atoms with van der Waals surface area (Å²) in [6.07, 6.45) is 7.22. The summed E-state index contributed by atoms with van der Waals surface area (Å²) in [6.45, 7) is 9.42. The van der Waals surface area contributed by atoms with E-state index < -0.39 is 0 Å². The van der Waals surface area contributed by atoms with Gasteiger partial charge in [-0.05, 0) is 43.2 Å². The number of nitrogens with one attached hydrogen (secondary N) is 1. The lowest BCUT2D eigenvalue weighted by Crippen LogP contribution is -2.47. The van der Waals surface area contributed by atoms with Crippen molar-refractivity contribution >= 4 is 11.8 Å². The summed E-state index contributed by atoms with van der Waals surface area (Å²) in [7, 11) is 0. The number of benzene rings is 1. The number of hydrogen-bond acceptors (Lipinski definition) is 8. The molecule has 0 unspecified atom stereocenters. The highest BCUT2D eigenvalue weighted by Gasteiger charge is 2.25. The van der Waals surface area contributed by atoms with Gasteiger partial charge in [-0.2, -0.15) is 4.98 Å². The summed E-state index contributed by atoms with van der Waals surface area (Å²) in [4.78, 5) is 18.6. The molecule has 1 aromatic carbocycles. The molecule has 10 heteroatoms. The van der Waals surface area contributed by atoms with Crippen LogP contribution in [0.15, 0.2) is 65.8 Å². The lowest BCUT2D eigenvalue weighted by atomic mass is 10.1. The number of piperidine rings is 1. The Morgan fingerprint density at radius 2 is 1.89 bits per heavy atom. The van der Waals surface area contributed by atoms with Crippen molar-refractivity contribution in [3.05, 3.63) is 67.2 Å². The Balaban J connectivity index is 1.24. The Morgan fingerprint density at radius 3 is 2.72 bits per heavy atom. The van der Waals surface area contributed by atoms with Crippen molar-refractivity contribution in [2.24, 2.45) is 0 Å². The Hall–Kier alpha value is -3.92. The van der Waals surface area contributed by atoms with Gasteiger partial charge in [0.15, 0.2) is 0 Å². The van der Waals surface area contributed by atoms with Crippen LogP contribution in [0.1, 0.15) is 12.8 Å². The first-order valence-electron chi connectivity index (χ1n) is 12.2. The molecule has 4 aromatic rings. The average Bonchev–Trinajstić information content (AvgIpc) is 3.51. The standard InChI is InChI=1S/C26H28FN7O2/c1-18(32-11-14-35-15-12-32)33-10-2-3-21(17-33)29-25-28-9-8-22(30-25)24-23(19-4-6-20(27)7-5-19)31-26-34(24)13-16-36-26/h4-9,13,16,21H,1-3,10-12,14-15,17H2,(H,28,29,30)/t21-/m1/s1. The Bertz CT molecular complexity index is 1360. The van der Waals surface area contributed by atoms with Crippen LogP contribution >= 0.6 is 0 Å². The Morgan fingerprint density at radius 1 is 1.06 bits per heavy atom. The van der Waals surface area contributed by atoms with Crippen LogP contribution in [0.3, 0.4) is 0 Å². The van der Waals surface area contributed by atoms with Gasteiger partial charge in [0, 0.05) is 50.2 Å². The van der Waals surface area contributed by atoms with Gasteiger partial charge in [-0.25, -0.2) is 14.4 Å². The fourth-order valence-corrected chi connectivity index (χ4v) is 4.93. The van der Waals surface area contributed by atoms with E-state index in [0.29, 0.717) is 23.2 Å². The van der Waals surface area contributed by atoms with Gasteiger partial charge in [0.2, 0.25) is 5.95 Å². The van der Waals surface area contributed by atoms with Crippen molar-refractivity contribution in [2.75, 3.05) is 44.7 Å². The number of hydrogen-bond donors (Lipinski definition) is 1. The van der Waals surface area contributed by atoms with E-state index in [1.165, 1.54) is 12.1 Å². The number of aromatic nitrogens is 4. The molecule has 2 fully saturated rings. The third-order valence-corrected chi connectivity index (χ3v) is 6.77. The Kier molecular flexibility index (Phi) is 6.02. The third kappa shape index (κ3) is 4.39. The van der Waals surface area contributed by atoms with Crippen LogP contribution in [-0.4, -0.2) is 74.6 Å². The van der Waals surface area contributed by atoms with E-state index in [9.17, 15) is 4.39 Å². The number of halogens is 1. The van der Waals surface area contributed by atoms with Crippen molar-refractivity contribution in [2.45, 2.75) is 18.9 Å². The molecule has 2 aliphatic heterocycles. The van der Waals surface area contributed by atoms with E-state index in [0.717, 1.165) is 69.3 Å². The predicted octanol–water partition coefficient (Wildman–Crippen LogP) is 3.87. The summed E-state index contributed by atoms with van der Waals surface area (Å²) in [5.74, 6) is 1.77. The Labute approximate surface area is 208 Å². The van der Waals surface area contributed by atoms with Crippen LogP contribution in [0, 0.1) is 5.82 Å². The van der Waals surface area contributed by atoms with Crippen LogP contribution in [-0.2, 0) is 4.74 Å². The van der Waals surface area contributed by atoms with Crippen molar-refractivity contribution in [3.8, 4) is 22.6 Å². The highest BCUT2D eigenvalue weighted by atomic mass is 19.1. The summed E-state index contributed by atoms with van der Waals surface area (Å²) >= 11 is 0. The summed E-state index contributed by atoms with van der Waals surface area (Å²) in [6, 6.07) is 8.31. The second-order valence-electron chi connectivity index (χ2n) is 9.08. The van der Waals surface area contributed by atoms with Crippen LogP contribution in [0.5, 0.6) is 0 Å². The number of nitrogens with zero attached hydrogens (tertiary/aromatic N) is 6. The lowest BCUT2D eigenvalue weighted by molar-refractivity contribution is 0.0352. The highest BCUT2D eigenvalue weighted by Crippen LogP contribution is 2.32. The van der Waals surface area contributed by atoms with E-state index in [-0.39, 0.29) is 11.9 Å². The molecule has 0 aliphatic carbocycles. The van der Waals surface area contributed by atoms with Gasteiger partial charge in [-0.3, -0.25) is 4.40 Å². The minimum absolute atomic E-state index is 0.197. The molecule has 2 aliphatic rings. The number of fused-ring (bicyclic) bond motifs is 1. The van der Waals surface area contributed by atoms with Crippen molar-refractivity contribution in [1.29, 1.82) is 0 Å². The zero-order chi connectivity index (χ0) is 24.5. The average molecular weight is 490 g/mol. The smallest absolute Gasteiger partial charge is 0.306 e. The molecule has 0 spiro atoms. The first kappa shape index (κ1) is 22.5. The summed E-state index contributed by atoms with van der Waals surface area (Å²) in [5, 5.41) is 3.53. The molecule has 186 valence electrons. The molecule has 0 radical (unpaired) electrons. The maximum atomic E-state index is 13.5. The molecular formula is C26H28FN7O2. The number of imidazole rings is 1. The number of rotatable bonds is 6. The fourth-order valence-electron chi connectivity index (χ4n) is 4.93. The molecule has 0 amide bonds.